The zero-order valence-electron chi connectivity index (χ0n) is 15.0. The number of benzene rings is 1. The van der Waals surface area contributed by atoms with E-state index in [9.17, 15) is 9.59 Å². The molecule has 0 aliphatic carbocycles. The van der Waals surface area contributed by atoms with Gasteiger partial charge in [0.25, 0.3) is 0 Å². The van der Waals surface area contributed by atoms with Crippen LogP contribution in [0.25, 0.3) is 0 Å². The van der Waals surface area contributed by atoms with Crippen LogP contribution in [0, 0.1) is 0 Å². The third kappa shape index (κ3) is 12.7. The van der Waals surface area contributed by atoms with Crippen LogP contribution in [-0.2, 0) is 16.0 Å². The van der Waals surface area contributed by atoms with Crippen LogP contribution in [0.5, 0.6) is 0 Å². The molecule has 0 saturated heterocycles. The van der Waals surface area contributed by atoms with E-state index in [1.165, 1.54) is 5.56 Å². The van der Waals surface area contributed by atoms with Crippen LogP contribution in [0.15, 0.2) is 30.3 Å². The highest BCUT2D eigenvalue weighted by Crippen LogP contribution is 2.11. The Bertz CT molecular complexity index is 467. The van der Waals surface area contributed by atoms with Crippen LogP contribution in [0.3, 0.4) is 0 Å². The molecule has 0 aliphatic heterocycles. The van der Waals surface area contributed by atoms with Crippen molar-refractivity contribution in [3.8, 4) is 0 Å². The molecule has 0 heterocycles. The molecule has 25 heavy (non-hydrogen) atoms. The average Bonchev–Trinajstić information content (AvgIpc) is 2.61. The summed E-state index contributed by atoms with van der Waals surface area (Å²) in [5, 5.41) is 12.5. The lowest BCUT2D eigenvalue weighted by atomic mass is 10.1. The molecular weight excluding hydrogens is 334 g/mol. The predicted molar refractivity (Wildman–Crippen MR) is 105 cm³/mol. The summed E-state index contributed by atoms with van der Waals surface area (Å²) < 4.78 is 0. The highest BCUT2D eigenvalue weighted by atomic mass is 32.2. The lowest BCUT2D eigenvalue weighted by Crippen LogP contribution is -2.34. The summed E-state index contributed by atoms with van der Waals surface area (Å²) in [6.45, 7) is 0.866. The Morgan fingerprint density at radius 1 is 1.12 bits per heavy atom. The Morgan fingerprint density at radius 3 is 2.56 bits per heavy atom. The predicted octanol–water partition coefficient (Wildman–Crippen LogP) is 3.93. The fraction of sp³-hybridized carbons (Fsp3) is 0.600. The Hall–Kier alpha value is -1.33. The molecule has 0 saturated carbocycles. The first-order valence-electron chi connectivity index (χ1n) is 9.23. The molecule has 0 aromatic heterocycles. The number of thioether (sulfide) groups is 1. The van der Waals surface area contributed by atoms with Crippen LogP contribution < -0.4 is 5.32 Å². The molecule has 0 aliphatic rings. The van der Waals surface area contributed by atoms with Gasteiger partial charge in [0.15, 0.2) is 0 Å². The SMILES string of the molecule is O=CCCCCCCCN[C@H](CSCCc1ccccc1)CC(=O)O. The summed E-state index contributed by atoms with van der Waals surface area (Å²) in [4.78, 5) is 21.3. The van der Waals surface area contributed by atoms with Gasteiger partial charge in [-0.2, -0.15) is 11.8 Å². The van der Waals surface area contributed by atoms with Crippen LogP contribution in [0.1, 0.15) is 50.5 Å². The zero-order valence-corrected chi connectivity index (χ0v) is 15.8. The number of carboxylic acids is 1. The average molecular weight is 366 g/mol. The largest absolute Gasteiger partial charge is 0.481 e. The first-order chi connectivity index (χ1) is 12.2. The molecular formula is C20H31NO3S. The van der Waals surface area contributed by atoms with E-state index in [4.69, 9.17) is 5.11 Å². The maximum absolute atomic E-state index is 11.0. The number of hydrogen-bond donors (Lipinski definition) is 2. The molecule has 1 aromatic rings. The van der Waals surface area contributed by atoms with Crippen LogP contribution >= 0.6 is 11.8 Å². The van der Waals surface area contributed by atoms with E-state index >= 15 is 0 Å². The number of aryl methyl sites for hydroxylation is 1. The van der Waals surface area contributed by atoms with E-state index in [1.54, 1.807) is 0 Å². The zero-order chi connectivity index (χ0) is 18.2. The van der Waals surface area contributed by atoms with Crippen molar-refractivity contribution in [3.63, 3.8) is 0 Å². The van der Waals surface area contributed by atoms with Gasteiger partial charge < -0.3 is 15.2 Å². The Balaban J connectivity index is 2.11. The van der Waals surface area contributed by atoms with Gasteiger partial charge in [0.05, 0.1) is 6.42 Å². The number of carbonyl (C=O) groups excluding carboxylic acids is 1. The maximum Gasteiger partial charge on any atom is 0.304 e. The van der Waals surface area contributed by atoms with Crippen molar-refractivity contribution in [2.24, 2.45) is 0 Å². The van der Waals surface area contributed by atoms with E-state index < -0.39 is 5.97 Å². The molecule has 140 valence electrons. The van der Waals surface area contributed by atoms with Crippen LogP contribution in [-0.4, -0.2) is 41.5 Å². The topological polar surface area (TPSA) is 66.4 Å². The fourth-order valence-corrected chi connectivity index (χ4v) is 3.72. The van der Waals surface area contributed by atoms with Gasteiger partial charge in [-0.1, -0.05) is 49.6 Å². The van der Waals surface area contributed by atoms with Crippen molar-refractivity contribution in [2.75, 3.05) is 18.1 Å². The number of hydrogen-bond acceptors (Lipinski definition) is 4. The van der Waals surface area contributed by atoms with E-state index in [2.05, 4.69) is 17.4 Å². The van der Waals surface area contributed by atoms with Crippen molar-refractivity contribution >= 4 is 24.0 Å². The molecule has 1 aromatic carbocycles. The van der Waals surface area contributed by atoms with Gasteiger partial charge in [0, 0.05) is 18.2 Å². The first kappa shape index (κ1) is 21.7. The normalized spacial score (nSPS) is 12.0. The standard InChI is InChI=1S/C20H31NO3S/c22-14-9-4-2-1-3-8-13-21-19(16-20(23)24)17-25-15-12-18-10-6-5-7-11-18/h5-7,10-11,14,19,21H,1-4,8-9,12-13,15-17H2,(H,23,24)/t19-/m0/s1. The molecule has 0 spiro atoms. The monoisotopic (exact) mass is 365 g/mol. The Morgan fingerprint density at radius 2 is 1.84 bits per heavy atom. The molecule has 0 amide bonds. The van der Waals surface area contributed by atoms with Gasteiger partial charge in [-0.15, -0.1) is 0 Å². The van der Waals surface area contributed by atoms with E-state index in [1.807, 2.05) is 30.0 Å². The minimum Gasteiger partial charge on any atom is -0.481 e. The molecule has 1 rings (SSSR count). The first-order valence-corrected chi connectivity index (χ1v) is 10.4. The summed E-state index contributed by atoms with van der Waals surface area (Å²) in [5.41, 5.74) is 1.33. The lowest BCUT2D eigenvalue weighted by molar-refractivity contribution is -0.137. The van der Waals surface area contributed by atoms with Crippen LogP contribution in [0.2, 0.25) is 0 Å². The number of nitrogens with one attached hydrogen (secondary N) is 1. The van der Waals surface area contributed by atoms with Gasteiger partial charge in [0.1, 0.15) is 6.29 Å². The Labute approximate surface area is 155 Å². The highest BCUT2D eigenvalue weighted by molar-refractivity contribution is 7.99. The van der Waals surface area contributed by atoms with Gasteiger partial charge in [-0.3, -0.25) is 4.79 Å². The minimum absolute atomic E-state index is 0.0355. The molecule has 5 heteroatoms. The number of carboxylic acid groups (broad SMARTS) is 1. The third-order valence-electron chi connectivity index (χ3n) is 4.05. The highest BCUT2D eigenvalue weighted by Gasteiger charge is 2.12. The molecule has 0 unspecified atom stereocenters. The molecule has 0 fully saturated rings. The summed E-state index contributed by atoms with van der Waals surface area (Å²) in [6.07, 6.45) is 8.27. The lowest BCUT2D eigenvalue weighted by Gasteiger charge is -2.16. The summed E-state index contributed by atoms with van der Waals surface area (Å²) >= 11 is 1.82. The fourth-order valence-electron chi connectivity index (χ4n) is 2.65. The molecule has 2 N–H and O–H groups in total. The number of rotatable bonds is 16. The summed E-state index contributed by atoms with van der Waals surface area (Å²) in [5.74, 6) is 1.10. The van der Waals surface area contributed by atoms with Gasteiger partial charge in [-0.05, 0) is 37.1 Å². The quantitative estimate of drug-likeness (QED) is 0.343. The van der Waals surface area contributed by atoms with Gasteiger partial charge >= 0.3 is 5.97 Å². The van der Waals surface area contributed by atoms with E-state index in [0.717, 1.165) is 62.9 Å². The number of carbonyl (C=O) groups is 2. The molecule has 1 atom stereocenters. The molecule has 4 nitrogen and oxygen atoms in total. The van der Waals surface area contributed by atoms with Crippen molar-refractivity contribution in [1.82, 2.24) is 5.32 Å². The third-order valence-corrected chi connectivity index (χ3v) is 5.18. The van der Waals surface area contributed by atoms with Gasteiger partial charge in [0.2, 0.25) is 0 Å². The van der Waals surface area contributed by atoms with Crippen molar-refractivity contribution in [3.05, 3.63) is 35.9 Å². The number of aldehydes is 1. The number of aliphatic carboxylic acids is 1. The Kier molecular flexibility index (Phi) is 13.0. The maximum atomic E-state index is 11.0. The van der Waals surface area contributed by atoms with E-state index in [0.29, 0.717) is 6.42 Å². The smallest absolute Gasteiger partial charge is 0.304 e. The number of unbranched alkanes of at least 4 members (excludes halogenated alkanes) is 5. The van der Waals surface area contributed by atoms with Crippen molar-refractivity contribution in [2.45, 2.75) is 57.4 Å². The van der Waals surface area contributed by atoms with Gasteiger partial charge in [-0.25, -0.2) is 0 Å². The van der Waals surface area contributed by atoms with Crippen LogP contribution in [0.4, 0.5) is 0 Å². The molecule has 0 bridgehead atoms. The van der Waals surface area contributed by atoms with E-state index in [-0.39, 0.29) is 12.5 Å². The van der Waals surface area contributed by atoms with Crippen molar-refractivity contribution < 1.29 is 14.7 Å². The minimum atomic E-state index is -0.741. The second-order valence-electron chi connectivity index (χ2n) is 6.28. The summed E-state index contributed by atoms with van der Waals surface area (Å²) in [6, 6.07) is 10.4. The second-order valence-corrected chi connectivity index (χ2v) is 7.43. The summed E-state index contributed by atoms with van der Waals surface area (Å²) in [7, 11) is 0. The molecule has 0 radical (unpaired) electrons. The van der Waals surface area contributed by atoms with Crippen molar-refractivity contribution in [1.29, 1.82) is 0 Å². The second kappa shape index (κ2) is 15.0.